The minimum Gasteiger partial charge on any atom is -0.477 e. The highest BCUT2D eigenvalue weighted by molar-refractivity contribution is 6.32. The van der Waals surface area contributed by atoms with Gasteiger partial charge in [0.1, 0.15) is 17.6 Å². The average molecular weight is 404 g/mol. The van der Waals surface area contributed by atoms with Crippen molar-refractivity contribution in [2.45, 2.75) is 31.8 Å². The van der Waals surface area contributed by atoms with E-state index < -0.39 is 17.9 Å². The molecule has 2 aromatic rings. The lowest BCUT2D eigenvalue weighted by atomic mass is 9.86. The van der Waals surface area contributed by atoms with Crippen molar-refractivity contribution in [1.82, 2.24) is 20.2 Å². The summed E-state index contributed by atoms with van der Waals surface area (Å²) in [6, 6.07) is 4.41. The van der Waals surface area contributed by atoms with Gasteiger partial charge in [-0.05, 0) is 38.0 Å². The lowest BCUT2D eigenvalue weighted by Gasteiger charge is -2.49. The molecule has 146 valence electrons. The number of nitrogens with zero attached hydrogens (tertiary/aromatic N) is 2. The van der Waals surface area contributed by atoms with E-state index in [1.165, 1.54) is 4.90 Å². The summed E-state index contributed by atoms with van der Waals surface area (Å²) in [6.45, 7) is 1.85. The number of aryl methyl sites for hydroxylation is 1. The van der Waals surface area contributed by atoms with Crippen molar-refractivity contribution >= 4 is 46.1 Å². The summed E-state index contributed by atoms with van der Waals surface area (Å²) < 4.78 is 0. The number of hydrogen-bond donors (Lipinski definition) is 4. The molecule has 0 unspecified atom stereocenters. The monoisotopic (exact) mass is 403 g/mol. The zero-order chi connectivity index (χ0) is 20.0. The van der Waals surface area contributed by atoms with Gasteiger partial charge in [0.25, 0.3) is 5.91 Å². The molecule has 0 bridgehead atoms. The Hall–Kier alpha value is -3.07. The van der Waals surface area contributed by atoms with Crippen LogP contribution < -0.4 is 10.6 Å². The Morgan fingerprint density at radius 3 is 2.96 bits per heavy atom. The van der Waals surface area contributed by atoms with Gasteiger partial charge in [-0.3, -0.25) is 14.5 Å². The van der Waals surface area contributed by atoms with Crippen molar-refractivity contribution in [3.8, 4) is 0 Å². The smallest absolute Gasteiger partial charge is 0.353 e. The van der Waals surface area contributed by atoms with Crippen molar-refractivity contribution in [2.24, 2.45) is 0 Å². The van der Waals surface area contributed by atoms with Crippen LogP contribution in [0.5, 0.6) is 0 Å². The summed E-state index contributed by atoms with van der Waals surface area (Å²) in [5.41, 5.74) is 2.26. The van der Waals surface area contributed by atoms with Gasteiger partial charge in [0.15, 0.2) is 0 Å². The number of amides is 2. The fourth-order valence-electron chi connectivity index (χ4n) is 3.67. The zero-order valence-electron chi connectivity index (χ0n) is 15.0. The molecular weight excluding hydrogens is 386 g/mol. The van der Waals surface area contributed by atoms with Gasteiger partial charge in [-0.2, -0.15) is 0 Å². The fraction of sp³-hybridized carbons (Fsp3) is 0.333. The Bertz CT molecular complexity index is 1030. The maximum atomic E-state index is 12.3. The summed E-state index contributed by atoms with van der Waals surface area (Å²) in [5, 5.41) is 15.1. The molecule has 28 heavy (non-hydrogen) atoms. The number of H-pyrrole nitrogens is 1. The molecule has 4 rings (SSSR count). The molecule has 0 saturated carbocycles. The van der Waals surface area contributed by atoms with Gasteiger partial charge in [0.2, 0.25) is 5.91 Å². The molecule has 2 amide bonds. The zero-order valence-corrected chi connectivity index (χ0v) is 15.7. The number of carbonyl (C=O) groups excluding carboxylic acids is 2. The number of aromatic nitrogens is 2. The number of carboxylic acids is 1. The maximum absolute atomic E-state index is 12.3. The van der Waals surface area contributed by atoms with Crippen molar-refractivity contribution in [2.75, 3.05) is 11.9 Å². The number of carboxylic acid groups (broad SMARTS) is 1. The standard InChI is InChI=1S/C18H18ClN5O4/c1-8-21-11-4-2-9(6-12(11)22-8)20-7-14(25)23-15-13-5-3-10(19)16(18(27)28)24(13)17(15)26/h2,4,6,13,15,20H,3,5,7H2,1H3,(H,21,22)(H,23,25)(H,27,28)/t13-,15+/m1/s1. The van der Waals surface area contributed by atoms with Gasteiger partial charge < -0.3 is 20.7 Å². The first-order chi connectivity index (χ1) is 13.3. The second-order valence-corrected chi connectivity index (χ2v) is 7.28. The number of halogens is 1. The van der Waals surface area contributed by atoms with E-state index in [0.717, 1.165) is 22.5 Å². The van der Waals surface area contributed by atoms with Crippen LogP contribution in [0.2, 0.25) is 0 Å². The van der Waals surface area contributed by atoms with Gasteiger partial charge in [-0.25, -0.2) is 9.78 Å². The predicted octanol–water partition coefficient (Wildman–Crippen LogP) is 1.31. The largest absolute Gasteiger partial charge is 0.477 e. The molecule has 0 spiro atoms. The Kier molecular flexibility index (Phi) is 4.46. The first kappa shape index (κ1) is 18.3. The van der Waals surface area contributed by atoms with Crippen molar-refractivity contribution in [1.29, 1.82) is 0 Å². The first-order valence-corrected chi connectivity index (χ1v) is 9.17. The minimum atomic E-state index is -1.24. The maximum Gasteiger partial charge on any atom is 0.353 e. The molecule has 4 N–H and O–H groups in total. The number of benzene rings is 1. The molecule has 10 heteroatoms. The molecular formula is C18H18ClN5O4. The number of rotatable bonds is 5. The Morgan fingerprint density at radius 1 is 1.43 bits per heavy atom. The van der Waals surface area contributed by atoms with Crippen LogP contribution in [0, 0.1) is 6.92 Å². The lowest BCUT2D eigenvalue weighted by molar-refractivity contribution is -0.155. The molecule has 2 aliphatic rings. The van der Waals surface area contributed by atoms with Crippen LogP contribution in [0.15, 0.2) is 28.9 Å². The van der Waals surface area contributed by atoms with Crippen molar-refractivity contribution < 1.29 is 19.5 Å². The molecule has 0 aliphatic carbocycles. The molecule has 1 aromatic heterocycles. The van der Waals surface area contributed by atoms with Crippen molar-refractivity contribution in [3.63, 3.8) is 0 Å². The van der Waals surface area contributed by atoms with Crippen LogP contribution in [0.25, 0.3) is 11.0 Å². The van der Waals surface area contributed by atoms with E-state index in [2.05, 4.69) is 20.6 Å². The number of β-lactam (4-membered cyclic amide) rings is 1. The van der Waals surface area contributed by atoms with Crippen LogP contribution in [-0.4, -0.2) is 56.4 Å². The molecule has 2 atom stereocenters. The van der Waals surface area contributed by atoms with E-state index in [1.54, 1.807) is 0 Å². The first-order valence-electron chi connectivity index (χ1n) is 8.80. The van der Waals surface area contributed by atoms with Crippen LogP contribution in [0.3, 0.4) is 0 Å². The molecule has 2 aliphatic heterocycles. The number of fused-ring (bicyclic) bond motifs is 2. The number of anilines is 1. The molecule has 9 nitrogen and oxygen atoms in total. The van der Waals surface area contributed by atoms with E-state index >= 15 is 0 Å². The van der Waals surface area contributed by atoms with E-state index in [0.29, 0.717) is 12.8 Å². The summed E-state index contributed by atoms with van der Waals surface area (Å²) >= 11 is 5.95. The lowest BCUT2D eigenvalue weighted by Crippen LogP contribution is -2.71. The summed E-state index contributed by atoms with van der Waals surface area (Å²) in [7, 11) is 0. The van der Waals surface area contributed by atoms with Gasteiger partial charge >= 0.3 is 5.97 Å². The van der Waals surface area contributed by atoms with Crippen LogP contribution in [-0.2, 0) is 14.4 Å². The third kappa shape index (κ3) is 3.07. The molecule has 1 saturated heterocycles. The fourth-order valence-corrected chi connectivity index (χ4v) is 3.95. The second-order valence-electron chi connectivity index (χ2n) is 6.83. The average Bonchev–Trinajstić information content (AvgIpc) is 3.03. The summed E-state index contributed by atoms with van der Waals surface area (Å²) in [5.74, 6) is -1.24. The van der Waals surface area contributed by atoms with E-state index in [4.69, 9.17) is 11.6 Å². The Balaban J connectivity index is 1.37. The van der Waals surface area contributed by atoms with E-state index in [1.807, 2.05) is 25.1 Å². The summed E-state index contributed by atoms with van der Waals surface area (Å²) in [6.07, 6.45) is 0.876. The van der Waals surface area contributed by atoms with E-state index in [9.17, 15) is 19.5 Å². The highest BCUT2D eigenvalue weighted by Gasteiger charge is 2.53. The van der Waals surface area contributed by atoms with Gasteiger partial charge in [-0.1, -0.05) is 11.6 Å². The number of aromatic amines is 1. The minimum absolute atomic E-state index is 0.0164. The summed E-state index contributed by atoms with van der Waals surface area (Å²) in [4.78, 5) is 44.6. The van der Waals surface area contributed by atoms with E-state index in [-0.39, 0.29) is 29.2 Å². The molecule has 1 fully saturated rings. The number of hydrogen-bond acceptors (Lipinski definition) is 5. The molecule has 1 aromatic carbocycles. The SMILES string of the molecule is Cc1nc2ccc(NCC(=O)N[C@@H]3C(=O)N4C(C(=O)O)=C(Cl)CC[C@H]34)cc2[nH]1. The number of aliphatic carboxylic acids is 1. The highest BCUT2D eigenvalue weighted by atomic mass is 35.5. The van der Waals surface area contributed by atoms with Gasteiger partial charge in [0.05, 0.1) is 23.6 Å². The third-order valence-corrected chi connectivity index (χ3v) is 5.32. The number of allylic oxidation sites excluding steroid dienone is 1. The normalized spacial score (nSPS) is 21.4. The Morgan fingerprint density at radius 2 is 2.21 bits per heavy atom. The number of nitrogens with one attached hydrogen (secondary N) is 3. The Labute approximate surface area is 164 Å². The van der Waals surface area contributed by atoms with Crippen LogP contribution >= 0.6 is 11.6 Å². The molecule has 0 radical (unpaired) electrons. The van der Waals surface area contributed by atoms with Crippen LogP contribution in [0.1, 0.15) is 18.7 Å². The molecule has 3 heterocycles. The topological polar surface area (TPSA) is 127 Å². The second kappa shape index (κ2) is 6.83. The van der Waals surface area contributed by atoms with Crippen molar-refractivity contribution in [3.05, 3.63) is 34.8 Å². The number of imidazole rings is 1. The van der Waals surface area contributed by atoms with Crippen LogP contribution in [0.4, 0.5) is 5.69 Å². The highest BCUT2D eigenvalue weighted by Crippen LogP contribution is 2.37. The quantitative estimate of drug-likeness (QED) is 0.557. The van der Waals surface area contributed by atoms with Gasteiger partial charge in [0, 0.05) is 10.7 Å². The predicted molar refractivity (Wildman–Crippen MR) is 102 cm³/mol. The van der Waals surface area contributed by atoms with Gasteiger partial charge in [-0.15, -0.1) is 0 Å². The third-order valence-electron chi connectivity index (χ3n) is 4.95. The number of carbonyl (C=O) groups is 3.